The predicted octanol–water partition coefficient (Wildman–Crippen LogP) is 1.58. The van der Waals surface area contributed by atoms with Gasteiger partial charge in [0.05, 0.1) is 11.2 Å². The van der Waals surface area contributed by atoms with Gasteiger partial charge in [-0.2, -0.15) is 8.61 Å². The smallest absolute Gasteiger partial charge is 0.243 e. The van der Waals surface area contributed by atoms with Crippen LogP contribution < -0.4 is 0 Å². The molecule has 9 heteroatoms. The van der Waals surface area contributed by atoms with E-state index in [0.717, 1.165) is 11.1 Å². The largest absolute Gasteiger partial charge is 0.296 e. The Hall–Kier alpha value is -1.78. The summed E-state index contributed by atoms with van der Waals surface area (Å²) in [5, 5.41) is 0. The van der Waals surface area contributed by atoms with Crippen molar-refractivity contribution in [1.82, 2.24) is 13.5 Å². The Labute approximate surface area is 173 Å². The van der Waals surface area contributed by atoms with E-state index in [1.54, 1.807) is 25.2 Å². The van der Waals surface area contributed by atoms with Crippen LogP contribution in [-0.4, -0.2) is 69.8 Å². The predicted molar refractivity (Wildman–Crippen MR) is 113 cm³/mol. The molecule has 0 unspecified atom stereocenters. The molecular weight excluding hydrogens is 410 g/mol. The Morgan fingerprint density at radius 1 is 0.862 bits per heavy atom. The number of piperazine rings is 1. The van der Waals surface area contributed by atoms with E-state index < -0.39 is 20.0 Å². The Kier molecular flexibility index (Phi) is 6.75. The molecule has 0 spiro atoms. The second-order valence-electron chi connectivity index (χ2n) is 7.33. The van der Waals surface area contributed by atoms with Crippen molar-refractivity contribution >= 4 is 20.0 Å². The summed E-state index contributed by atoms with van der Waals surface area (Å²) >= 11 is 0. The van der Waals surface area contributed by atoms with E-state index in [1.165, 1.54) is 14.9 Å². The molecule has 29 heavy (non-hydrogen) atoms. The average Bonchev–Trinajstić information content (AvgIpc) is 2.68. The summed E-state index contributed by atoms with van der Waals surface area (Å²) in [6.07, 6.45) is 1.23. The maximum atomic E-state index is 13.0. The SMILES string of the molecule is CN(Cc1ccccc1)S(=O)(=O)c1cccc(CN2CCN(S(C)(=O)=O)CC2)c1. The third-order valence-corrected chi connectivity index (χ3v) is 8.16. The van der Waals surface area contributed by atoms with Gasteiger partial charge in [-0.05, 0) is 23.3 Å². The fraction of sp³-hybridized carbons (Fsp3) is 0.400. The van der Waals surface area contributed by atoms with Crippen LogP contribution in [0.2, 0.25) is 0 Å². The van der Waals surface area contributed by atoms with Crippen LogP contribution in [0.25, 0.3) is 0 Å². The van der Waals surface area contributed by atoms with Gasteiger partial charge in [0.25, 0.3) is 0 Å². The lowest BCUT2D eigenvalue weighted by molar-refractivity contribution is 0.182. The van der Waals surface area contributed by atoms with Gasteiger partial charge in [-0.25, -0.2) is 16.8 Å². The molecule has 2 aromatic carbocycles. The first-order chi connectivity index (χ1) is 13.7. The lowest BCUT2D eigenvalue weighted by Crippen LogP contribution is -2.47. The number of benzene rings is 2. The monoisotopic (exact) mass is 437 g/mol. The summed E-state index contributed by atoms with van der Waals surface area (Å²) in [5.41, 5.74) is 1.82. The van der Waals surface area contributed by atoms with Gasteiger partial charge in [0, 0.05) is 46.3 Å². The van der Waals surface area contributed by atoms with Gasteiger partial charge in [-0.3, -0.25) is 4.90 Å². The van der Waals surface area contributed by atoms with E-state index in [1.807, 2.05) is 36.4 Å². The van der Waals surface area contributed by atoms with Crippen molar-refractivity contribution in [3.8, 4) is 0 Å². The van der Waals surface area contributed by atoms with Crippen LogP contribution in [0.1, 0.15) is 11.1 Å². The van der Waals surface area contributed by atoms with Crippen LogP contribution in [0.3, 0.4) is 0 Å². The van der Waals surface area contributed by atoms with E-state index in [4.69, 9.17) is 0 Å². The number of rotatable bonds is 7. The third-order valence-electron chi connectivity index (χ3n) is 5.06. The van der Waals surface area contributed by atoms with E-state index in [0.29, 0.717) is 39.3 Å². The number of sulfonamides is 2. The molecular formula is C20H27N3O4S2. The van der Waals surface area contributed by atoms with Gasteiger partial charge in [0.15, 0.2) is 0 Å². The molecule has 3 rings (SSSR count). The Bertz CT molecular complexity index is 1030. The van der Waals surface area contributed by atoms with Crippen molar-refractivity contribution in [3.63, 3.8) is 0 Å². The maximum absolute atomic E-state index is 13.0. The van der Waals surface area contributed by atoms with Gasteiger partial charge in [0.2, 0.25) is 20.0 Å². The summed E-state index contributed by atoms with van der Waals surface area (Å²) in [5.74, 6) is 0. The van der Waals surface area contributed by atoms with E-state index in [-0.39, 0.29) is 4.90 Å². The molecule has 0 radical (unpaired) electrons. The third kappa shape index (κ3) is 5.64. The highest BCUT2D eigenvalue weighted by Crippen LogP contribution is 2.19. The fourth-order valence-corrected chi connectivity index (χ4v) is 5.44. The average molecular weight is 438 g/mol. The first kappa shape index (κ1) is 21.9. The Balaban J connectivity index is 1.67. The quantitative estimate of drug-likeness (QED) is 0.657. The van der Waals surface area contributed by atoms with Crippen LogP contribution in [0.4, 0.5) is 0 Å². The number of hydrogen-bond donors (Lipinski definition) is 0. The second kappa shape index (κ2) is 8.93. The molecule has 1 saturated heterocycles. The molecule has 0 bridgehead atoms. The molecule has 0 atom stereocenters. The lowest BCUT2D eigenvalue weighted by atomic mass is 10.2. The minimum Gasteiger partial charge on any atom is -0.296 e. The zero-order valence-corrected chi connectivity index (χ0v) is 18.4. The van der Waals surface area contributed by atoms with Crippen LogP contribution in [0, 0.1) is 0 Å². The maximum Gasteiger partial charge on any atom is 0.243 e. The molecule has 0 aromatic heterocycles. The molecule has 1 aliphatic rings. The van der Waals surface area contributed by atoms with Crippen molar-refractivity contribution in [1.29, 1.82) is 0 Å². The molecule has 158 valence electrons. The highest BCUT2D eigenvalue weighted by atomic mass is 32.2. The molecule has 1 fully saturated rings. The van der Waals surface area contributed by atoms with Gasteiger partial charge >= 0.3 is 0 Å². The standard InChI is InChI=1S/C20H27N3O4S2/c1-21(16-18-7-4-3-5-8-18)29(26,27)20-10-6-9-19(15-20)17-22-11-13-23(14-12-22)28(2,24)25/h3-10,15H,11-14,16-17H2,1-2H3. The lowest BCUT2D eigenvalue weighted by Gasteiger charge is -2.33. The van der Waals surface area contributed by atoms with Gasteiger partial charge in [-0.1, -0.05) is 42.5 Å². The van der Waals surface area contributed by atoms with E-state index in [9.17, 15) is 16.8 Å². The summed E-state index contributed by atoms with van der Waals surface area (Å²) in [4.78, 5) is 2.41. The van der Waals surface area contributed by atoms with Crippen molar-refractivity contribution in [3.05, 3.63) is 65.7 Å². The zero-order valence-electron chi connectivity index (χ0n) is 16.7. The van der Waals surface area contributed by atoms with Crippen molar-refractivity contribution < 1.29 is 16.8 Å². The van der Waals surface area contributed by atoms with Crippen LogP contribution >= 0.6 is 0 Å². The highest BCUT2D eigenvalue weighted by Gasteiger charge is 2.24. The van der Waals surface area contributed by atoms with E-state index >= 15 is 0 Å². The molecule has 0 saturated carbocycles. The van der Waals surface area contributed by atoms with Gasteiger partial charge in [0.1, 0.15) is 0 Å². The molecule has 1 heterocycles. The fourth-order valence-electron chi connectivity index (χ4n) is 3.39. The topological polar surface area (TPSA) is 78.0 Å². The Morgan fingerprint density at radius 3 is 2.10 bits per heavy atom. The van der Waals surface area contributed by atoms with Crippen LogP contribution in [0.5, 0.6) is 0 Å². The van der Waals surface area contributed by atoms with Crippen LogP contribution in [0.15, 0.2) is 59.5 Å². The normalized spacial score (nSPS) is 16.9. The van der Waals surface area contributed by atoms with Crippen LogP contribution in [-0.2, 0) is 33.1 Å². The molecule has 0 amide bonds. The molecule has 7 nitrogen and oxygen atoms in total. The number of nitrogens with zero attached hydrogens (tertiary/aromatic N) is 3. The molecule has 1 aliphatic heterocycles. The summed E-state index contributed by atoms with van der Waals surface area (Å²) in [7, 11) is -5.18. The Morgan fingerprint density at radius 2 is 1.48 bits per heavy atom. The van der Waals surface area contributed by atoms with Crippen molar-refractivity contribution in [2.45, 2.75) is 18.0 Å². The van der Waals surface area contributed by atoms with E-state index in [2.05, 4.69) is 4.90 Å². The highest BCUT2D eigenvalue weighted by molar-refractivity contribution is 7.89. The van der Waals surface area contributed by atoms with Crippen molar-refractivity contribution in [2.24, 2.45) is 0 Å². The first-order valence-corrected chi connectivity index (χ1v) is 12.7. The zero-order chi connectivity index (χ0) is 21.1. The summed E-state index contributed by atoms with van der Waals surface area (Å²) < 4.78 is 52.0. The summed E-state index contributed by atoms with van der Waals surface area (Å²) in [6.45, 7) is 3.05. The minimum absolute atomic E-state index is 0.267. The van der Waals surface area contributed by atoms with Gasteiger partial charge in [-0.15, -0.1) is 0 Å². The minimum atomic E-state index is -3.60. The van der Waals surface area contributed by atoms with Gasteiger partial charge < -0.3 is 0 Å². The molecule has 2 aromatic rings. The molecule has 0 N–H and O–H groups in total. The second-order valence-corrected chi connectivity index (χ2v) is 11.4. The summed E-state index contributed by atoms with van der Waals surface area (Å²) in [6, 6.07) is 16.5. The number of hydrogen-bond acceptors (Lipinski definition) is 5. The van der Waals surface area contributed by atoms with Crippen molar-refractivity contribution in [2.75, 3.05) is 39.5 Å². The molecule has 0 aliphatic carbocycles. The first-order valence-electron chi connectivity index (χ1n) is 9.43.